The van der Waals surface area contributed by atoms with Gasteiger partial charge in [-0.2, -0.15) is 0 Å². The number of hydrogen-bond acceptors (Lipinski definition) is 3. The van der Waals surface area contributed by atoms with Crippen LogP contribution in [0.5, 0.6) is 0 Å². The monoisotopic (exact) mass is 147 g/mol. The lowest BCUT2D eigenvalue weighted by atomic mass is 10.1. The van der Waals surface area contributed by atoms with Crippen LogP contribution in [0.1, 0.15) is 13.3 Å². The number of hydrogen-bond donors (Lipinski definition) is 1. The van der Waals surface area contributed by atoms with E-state index in [2.05, 4.69) is 0 Å². The molecule has 0 aromatic carbocycles. The first-order chi connectivity index (χ1) is 4.52. The highest BCUT2D eigenvalue weighted by Gasteiger charge is 2.12. The SMILES string of the molecule is C[C@@H](CC(=O)O)C[N+](=O)[O-]. The molecule has 0 radical (unpaired) electrons. The number of aliphatic carboxylic acids is 1. The van der Waals surface area contributed by atoms with Crippen LogP contribution in [0.3, 0.4) is 0 Å². The van der Waals surface area contributed by atoms with Gasteiger partial charge >= 0.3 is 5.97 Å². The van der Waals surface area contributed by atoms with Crippen LogP contribution in [0.15, 0.2) is 0 Å². The van der Waals surface area contributed by atoms with Gasteiger partial charge < -0.3 is 5.11 Å². The molecule has 10 heavy (non-hydrogen) atoms. The molecule has 0 saturated carbocycles. The molecule has 5 nitrogen and oxygen atoms in total. The maximum Gasteiger partial charge on any atom is 0.303 e. The summed E-state index contributed by atoms with van der Waals surface area (Å²) in [5.41, 5.74) is 0. The van der Waals surface area contributed by atoms with Crippen molar-refractivity contribution < 1.29 is 14.8 Å². The van der Waals surface area contributed by atoms with Crippen molar-refractivity contribution in [1.29, 1.82) is 0 Å². The van der Waals surface area contributed by atoms with E-state index in [-0.39, 0.29) is 18.9 Å². The summed E-state index contributed by atoms with van der Waals surface area (Å²) < 4.78 is 0. The number of carboxylic acid groups (broad SMARTS) is 1. The Kier molecular flexibility index (Phi) is 3.38. The van der Waals surface area contributed by atoms with Crippen LogP contribution in [0, 0.1) is 16.0 Å². The third-order valence-electron chi connectivity index (χ3n) is 0.984. The quantitative estimate of drug-likeness (QED) is 0.460. The number of nitro groups is 1. The van der Waals surface area contributed by atoms with E-state index in [4.69, 9.17) is 5.11 Å². The van der Waals surface area contributed by atoms with Crippen molar-refractivity contribution in [3.8, 4) is 0 Å². The van der Waals surface area contributed by atoms with Crippen molar-refractivity contribution in [3.05, 3.63) is 10.1 Å². The van der Waals surface area contributed by atoms with Crippen LogP contribution >= 0.6 is 0 Å². The lowest BCUT2D eigenvalue weighted by Crippen LogP contribution is -2.14. The zero-order chi connectivity index (χ0) is 8.15. The van der Waals surface area contributed by atoms with Gasteiger partial charge in [0.25, 0.3) is 0 Å². The Bertz CT molecular complexity index is 129. The van der Waals surface area contributed by atoms with Gasteiger partial charge in [0.05, 0.1) is 6.42 Å². The van der Waals surface area contributed by atoms with Crippen LogP contribution in [0.4, 0.5) is 0 Å². The van der Waals surface area contributed by atoms with Gasteiger partial charge in [-0.3, -0.25) is 14.9 Å². The number of carboxylic acids is 1. The van der Waals surface area contributed by atoms with Crippen molar-refractivity contribution in [2.45, 2.75) is 13.3 Å². The normalized spacial score (nSPS) is 12.5. The molecule has 0 aliphatic heterocycles. The molecule has 1 atom stereocenters. The lowest BCUT2D eigenvalue weighted by Gasteiger charge is -2.00. The first-order valence-electron chi connectivity index (χ1n) is 2.86. The Balaban J connectivity index is 3.53. The molecule has 0 fully saturated rings. The van der Waals surface area contributed by atoms with Crippen LogP contribution in [0.25, 0.3) is 0 Å². The average Bonchev–Trinajstić information content (AvgIpc) is 1.58. The van der Waals surface area contributed by atoms with Crippen molar-refractivity contribution in [3.63, 3.8) is 0 Å². The largest absolute Gasteiger partial charge is 0.481 e. The number of nitrogens with zero attached hydrogens (tertiary/aromatic N) is 1. The molecule has 0 aliphatic rings. The lowest BCUT2D eigenvalue weighted by molar-refractivity contribution is -0.487. The van der Waals surface area contributed by atoms with Crippen molar-refractivity contribution in [2.24, 2.45) is 5.92 Å². The van der Waals surface area contributed by atoms with Gasteiger partial charge in [-0.05, 0) is 0 Å². The predicted molar refractivity (Wildman–Crippen MR) is 33.3 cm³/mol. The predicted octanol–water partition coefficient (Wildman–Crippen LogP) is 0.374. The van der Waals surface area contributed by atoms with Crippen molar-refractivity contribution in [1.82, 2.24) is 0 Å². The van der Waals surface area contributed by atoms with Crippen molar-refractivity contribution >= 4 is 5.97 Å². The van der Waals surface area contributed by atoms with E-state index >= 15 is 0 Å². The Morgan fingerprint density at radius 1 is 1.80 bits per heavy atom. The molecule has 0 saturated heterocycles. The Morgan fingerprint density at radius 3 is 2.60 bits per heavy atom. The topological polar surface area (TPSA) is 80.4 Å². The molecular weight excluding hydrogens is 138 g/mol. The van der Waals surface area contributed by atoms with Crippen LogP contribution < -0.4 is 0 Å². The summed E-state index contributed by atoms with van der Waals surface area (Å²) in [5, 5.41) is 18.0. The van der Waals surface area contributed by atoms with Crippen LogP contribution in [-0.4, -0.2) is 22.5 Å². The van der Waals surface area contributed by atoms with Gasteiger partial charge in [-0.1, -0.05) is 6.92 Å². The third kappa shape index (κ3) is 5.02. The number of carbonyl (C=O) groups is 1. The highest BCUT2D eigenvalue weighted by Crippen LogP contribution is 2.00. The molecule has 5 heteroatoms. The zero-order valence-electron chi connectivity index (χ0n) is 5.61. The first-order valence-corrected chi connectivity index (χ1v) is 2.86. The van der Waals surface area contributed by atoms with E-state index in [9.17, 15) is 14.9 Å². The summed E-state index contributed by atoms with van der Waals surface area (Å²) >= 11 is 0. The second-order valence-corrected chi connectivity index (χ2v) is 2.22. The fraction of sp³-hybridized carbons (Fsp3) is 0.800. The molecule has 0 spiro atoms. The van der Waals surface area contributed by atoms with Gasteiger partial charge in [-0.25, -0.2) is 0 Å². The minimum atomic E-state index is -0.991. The van der Waals surface area contributed by atoms with Gasteiger partial charge in [0.2, 0.25) is 6.54 Å². The first kappa shape index (κ1) is 8.87. The smallest absolute Gasteiger partial charge is 0.303 e. The maximum atomic E-state index is 9.97. The second-order valence-electron chi connectivity index (χ2n) is 2.22. The molecule has 0 bridgehead atoms. The standard InChI is InChI=1S/C5H9NO4/c1-4(2-5(7)8)3-6(9)10/h4H,2-3H2,1H3,(H,7,8)/t4-/m0/s1. The van der Waals surface area contributed by atoms with E-state index < -0.39 is 10.9 Å². The summed E-state index contributed by atoms with van der Waals surface area (Å²) in [5.74, 6) is -1.37. The van der Waals surface area contributed by atoms with Gasteiger partial charge in [0, 0.05) is 10.8 Å². The van der Waals surface area contributed by atoms with E-state index in [0.29, 0.717) is 0 Å². The fourth-order valence-corrected chi connectivity index (χ4v) is 0.617. The molecule has 0 amide bonds. The summed E-state index contributed by atoms with van der Waals surface area (Å²) in [6.07, 6.45) is -0.138. The molecular formula is C5H9NO4. The summed E-state index contributed by atoms with van der Waals surface area (Å²) in [6, 6.07) is 0. The molecule has 1 N–H and O–H groups in total. The highest BCUT2D eigenvalue weighted by atomic mass is 16.6. The highest BCUT2D eigenvalue weighted by molar-refractivity contribution is 5.66. The van der Waals surface area contributed by atoms with E-state index in [1.54, 1.807) is 0 Å². The minimum absolute atomic E-state index is 0.138. The molecule has 58 valence electrons. The second kappa shape index (κ2) is 3.81. The number of rotatable bonds is 4. The summed E-state index contributed by atoms with van der Waals surface area (Å²) in [6.45, 7) is 1.27. The maximum absolute atomic E-state index is 9.97. The molecule has 0 rings (SSSR count). The fourth-order valence-electron chi connectivity index (χ4n) is 0.617. The third-order valence-corrected chi connectivity index (χ3v) is 0.984. The Hall–Kier alpha value is -1.13. The zero-order valence-corrected chi connectivity index (χ0v) is 5.61. The van der Waals surface area contributed by atoms with Gasteiger partial charge in [0.1, 0.15) is 0 Å². The van der Waals surface area contributed by atoms with Gasteiger partial charge in [0.15, 0.2) is 0 Å². The average molecular weight is 147 g/mol. The van der Waals surface area contributed by atoms with E-state index in [1.807, 2.05) is 0 Å². The Labute approximate surface area is 57.8 Å². The van der Waals surface area contributed by atoms with Crippen molar-refractivity contribution in [2.75, 3.05) is 6.54 Å². The summed E-state index contributed by atoms with van der Waals surface area (Å²) in [4.78, 5) is 19.3. The molecule has 0 aromatic rings. The van der Waals surface area contributed by atoms with Crippen LogP contribution in [-0.2, 0) is 4.79 Å². The minimum Gasteiger partial charge on any atom is -0.481 e. The molecule has 0 heterocycles. The molecule has 0 aromatic heterocycles. The molecule has 0 unspecified atom stereocenters. The van der Waals surface area contributed by atoms with E-state index in [0.717, 1.165) is 0 Å². The van der Waals surface area contributed by atoms with E-state index in [1.165, 1.54) is 6.92 Å². The summed E-state index contributed by atoms with van der Waals surface area (Å²) in [7, 11) is 0. The molecule has 0 aliphatic carbocycles. The Morgan fingerprint density at radius 2 is 2.30 bits per heavy atom. The van der Waals surface area contributed by atoms with Crippen LogP contribution in [0.2, 0.25) is 0 Å². The van der Waals surface area contributed by atoms with Gasteiger partial charge in [-0.15, -0.1) is 0 Å².